The fourth-order valence-corrected chi connectivity index (χ4v) is 3.08. The largest absolute Gasteiger partial charge is 0.493 e. The molecule has 27 heavy (non-hydrogen) atoms. The predicted octanol–water partition coefficient (Wildman–Crippen LogP) is 3.19. The minimum absolute atomic E-state index is 0.0170. The molecule has 0 saturated carbocycles. The Kier molecular flexibility index (Phi) is 4.72. The molecule has 1 aliphatic rings. The van der Waals surface area contributed by atoms with E-state index >= 15 is 0 Å². The highest BCUT2D eigenvalue weighted by atomic mass is 16.5. The fraction of sp³-hybridized carbons (Fsp3) is 0.368. The summed E-state index contributed by atoms with van der Waals surface area (Å²) in [5, 5.41) is 12.1. The number of pyridine rings is 1. The van der Waals surface area contributed by atoms with Gasteiger partial charge in [0.25, 0.3) is 0 Å². The Morgan fingerprint density at radius 3 is 2.59 bits per heavy atom. The van der Waals surface area contributed by atoms with Crippen molar-refractivity contribution in [2.24, 2.45) is 0 Å². The molecule has 8 nitrogen and oxygen atoms in total. The van der Waals surface area contributed by atoms with Gasteiger partial charge in [-0.3, -0.25) is 5.10 Å². The van der Waals surface area contributed by atoms with Gasteiger partial charge in [0.2, 0.25) is 5.88 Å². The van der Waals surface area contributed by atoms with E-state index in [0.29, 0.717) is 42.2 Å². The molecule has 1 fully saturated rings. The van der Waals surface area contributed by atoms with Crippen LogP contribution in [0.15, 0.2) is 24.3 Å². The van der Waals surface area contributed by atoms with Gasteiger partial charge in [-0.2, -0.15) is 10.1 Å². The summed E-state index contributed by atoms with van der Waals surface area (Å²) in [5.74, 6) is 3.12. The Morgan fingerprint density at radius 1 is 1.11 bits per heavy atom. The first-order valence-corrected chi connectivity index (χ1v) is 8.76. The number of fused-ring (bicyclic) bond motifs is 1. The summed E-state index contributed by atoms with van der Waals surface area (Å²) in [6.07, 6.45) is 0.823. The molecule has 1 saturated heterocycles. The van der Waals surface area contributed by atoms with Crippen LogP contribution in [0.5, 0.6) is 17.4 Å². The molecule has 0 unspecified atom stereocenters. The summed E-state index contributed by atoms with van der Waals surface area (Å²) in [6, 6.07) is 7.63. The highest BCUT2D eigenvalue weighted by molar-refractivity contribution is 5.92. The van der Waals surface area contributed by atoms with Crippen molar-refractivity contribution >= 4 is 22.4 Å². The Balaban J connectivity index is 1.78. The lowest BCUT2D eigenvalue weighted by Crippen LogP contribution is -2.17. The van der Waals surface area contributed by atoms with Gasteiger partial charge in [-0.05, 0) is 30.5 Å². The van der Waals surface area contributed by atoms with Crippen LogP contribution in [-0.4, -0.2) is 48.7 Å². The molecular formula is C19H22N4O4. The molecule has 1 aromatic carbocycles. The van der Waals surface area contributed by atoms with Crippen LogP contribution in [0.4, 0.5) is 11.6 Å². The van der Waals surface area contributed by atoms with Gasteiger partial charge in [-0.1, -0.05) is 0 Å². The topological polar surface area (TPSA) is 90.5 Å². The zero-order valence-corrected chi connectivity index (χ0v) is 15.5. The molecule has 2 aromatic heterocycles. The SMILES string of the molecule is COc1cc2cc(Nc3cc(C)[nH]n3)nc(O[C@@H]3CCOC3)c2cc1OC. The third kappa shape index (κ3) is 3.61. The molecule has 0 bridgehead atoms. The molecule has 0 spiro atoms. The zero-order chi connectivity index (χ0) is 18.8. The van der Waals surface area contributed by atoms with Gasteiger partial charge in [0.05, 0.1) is 27.4 Å². The molecule has 1 atom stereocenters. The van der Waals surface area contributed by atoms with Crippen LogP contribution in [-0.2, 0) is 4.74 Å². The lowest BCUT2D eigenvalue weighted by Gasteiger charge is -2.16. The first-order valence-electron chi connectivity index (χ1n) is 8.76. The Morgan fingerprint density at radius 2 is 1.93 bits per heavy atom. The summed E-state index contributed by atoms with van der Waals surface area (Å²) in [6.45, 7) is 3.20. The van der Waals surface area contributed by atoms with Gasteiger partial charge in [0, 0.05) is 23.6 Å². The summed E-state index contributed by atoms with van der Waals surface area (Å²) in [5.41, 5.74) is 0.962. The number of aromatic amines is 1. The number of methoxy groups -OCH3 is 2. The minimum atomic E-state index is -0.0170. The number of aromatic nitrogens is 3. The summed E-state index contributed by atoms with van der Waals surface area (Å²) in [4.78, 5) is 4.66. The van der Waals surface area contributed by atoms with Crippen molar-refractivity contribution < 1.29 is 18.9 Å². The third-order valence-electron chi connectivity index (χ3n) is 4.43. The smallest absolute Gasteiger partial charge is 0.223 e. The third-order valence-corrected chi connectivity index (χ3v) is 4.43. The van der Waals surface area contributed by atoms with E-state index < -0.39 is 0 Å². The molecule has 0 aliphatic carbocycles. The average molecular weight is 370 g/mol. The molecule has 8 heteroatoms. The fourth-order valence-electron chi connectivity index (χ4n) is 3.08. The number of rotatable bonds is 6. The second-order valence-corrected chi connectivity index (χ2v) is 6.41. The van der Waals surface area contributed by atoms with Crippen molar-refractivity contribution in [1.29, 1.82) is 0 Å². The molecule has 4 rings (SSSR count). The van der Waals surface area contributed by atoms with Crippen LogP contribution in [0, 0.1) is 6.92 Å². The van der Waals surface area contributed by atoms with Gasteiger partial charge in [-0.15, -0.1) is 0 Å². The van der Waals surface area contributed by atoms with Crippen molar-refractivity contribution in [3.8, 4) is 17.4 Å². The van der Waals surface area contributed by atoms with Gasteiger partial charge in [-0.25, -0.2) is 0 Å². The van der Waals surface area contributed by atoms with Crippen LogP contribution >= 0.6 is 0 Å². The monoisotopic (exact) mass is 370 g/mol. The van der Waals surface area contributed by atoms with Crippen LogP contribution in [0.2, 0.25) is 0 Å². The number of hydrogen-bond acceptors (Lipinski definition) is 7. The summed E-state index contributed by atoms with van der Waals surface area (Å²) >= 11 is 0. The molecule has 0 amide bonds. The van der Waals surface area contributed by atoms with Crippen molar-refractivity contribution in [1.82, 2.24) is 15.2 Å². The van der Waals surface area contributed by atoms with Gasteiger partial charge >= 0.3 is 0 Å². The molecule has 142 valence electrons. The predicted molar refractivity (Wildman–Crippen MR) is 101 cm³/mol. The maximum absolute atomic E-state index is 6.14. The number of anilines is 2. The maximum atomic E-state index is 6.14. The quantitative estimate of drug-likeness (QED) is 0.688. The first-order chi connectivity index (χ1) is 13.2. The lowest BCUT2D eigenvalue weighted by atomic mass is 10.1. The van der Waals surface area contributed by atoms with E-state index in [0.717, 1.165) is 22.9 Å². The number of nitrogens with zero attached hydrogens (tertiary/aromatic N) is 2. The normalized spacial score (nSPS) is 16.5. The Bertz CT molecular complexity index is 950. The van der Waals surface area contributed by atoms with E-state index in [1.807, 2.05) is 31.2 Å². The van der Waals surface area contributed by atoms with E-state index in [4.69, 9.17) is 18.9 Å². The van der Waals surface area contributed by atoms with Gasteiger partial charge in [0.15, 0.2) is 17.3 Å². The molecular weight excluding hydrogens is 348 g/mol. The standard InChI is InChI=1S/C19H22N4O4/c1-11-6-18(23-22-11)20-17-8-12-7-15(24-2)16(25-3)9-14(12)19(21-17)27-13-4-5-26-10-13/h6-9,13H,4-5,10H2,1-3H3,(H2,20,21,22,23)/t13-/m1/s1. The highest BCUT2D eigenvalue weighted by Crippen LogP contribution is 2.37. The van der Waals surface area contributed by atoms with E-state index in [1.54, 1.807) is 14.2 Å². The van der Waals surface area contributed by atoms with E-state index in [1.165, 1.54) is 0 Å². The van der Waals surface area contributed by atoms with E-state index in [9.17, 15) is 0 Å². The second kappa shape index (κ2) is 7.32. The summed E-state index contributed by atoms with van der Waals surface area (Å²) in [7, 11) is 3.22. The van der Waals surface area contributed by atoms with Crippen LogP contribution in [0.25, 0.3) is 10.8 Å². The number of nitrogens with one attached hydrogen (secondary N) is 2. The highest BCUT2D eigenvalue weighted by Gasteiger charge is 2.21. The number of benzene rings is 1. The zero-order valence-electron chi connectivity index (χ0n) is 15.5. The average Bonchev–Trinajstić information content (AvgIpc) is 3.32. The minimum Gasteiger partial charge on any atom is -0.493 e. The van der Waals surface area contributed by atoms with Crippen LogP contribution in [0.3, 0.4) is 0 Å². The number of hydrogen-bond donors (Lipinski definition) is 2. The van der Waals surface area contributed by atoms with Gasteiger partial charge < -0.3 is 24.3 Å². The van der Waals surface area contributed by atoms with E-state index in [2.05, 4.69) is 20.5 Å². The maximum Gasteiger partial charge on any atom is 0.223 e. The van der Waals surface area contributed by atoms with Crippen molar-refractivity contribution in [2.75, 3.05) is 32.8 Å². The molecule has 2 N–H and O–H groups in total. The molecule has 3 aromatic rings. The lowest BCUT2D eigenvalue weighted by molar-refractivity contribution is 0.139. The van der Waals surface area contributed by atoms with Crippen molar-refractivity contribution in [3.63, 3.8) is 0 Å². The Hall–Kier alpha value is -3.00. The molecule has 1 aliphatic heterocycles. The van der Waals surface area contributed by atoms with Crippen LogP contribution in [0.1, 0.15) is 12.1 Å². The van der Waals surface area contributed by atoms with E-state index in [-0.39, 0.29) is 6.10 Å². The van der Waals surface area contributed by atoms with Gasteiger partial charge in [0.1, 0.15) is 11.9 Å². The van der Waals surface area contributed by atoms with Crippen molar-refractivity contribution in [3.05, 3.63) is 30.0 Å². The molecule has 3 heterocycles. The molecule has 0 radical (unpaired) electrons. The number of H-pyrrole nitrogens is 1. The number of aryl methyl sites for hydroxylation is 1. The van der Waals surface area contributed by atoms with Crippen molar-refractivity contribution in [2.45, 2.75) is 19.4 Å². The number of ether oxygens (including phenoxy) is 4. The Labute approximate surface area is 156 Å². The summed E-state index contributed by atoms with van der Waals surface area (Å²) < 4.78 is 22.4. The first kappa shape index (κ1) is 17.4. The van der Waals surface area contributed by atoms with Crippen LogP contribution < -0.4 is 19.5 Å². The second-order valence-electron chi connectivity index (χ2n) is 6.41.